The van der Waals surface area contributed by atoms with Gasteiger partial charge in [0.15, 0.2) is 0 Å². The van der Waals surface area contributed by atoms with Gasteiger partial charge in [-0.2, -0.15) is 13.2 Å². The Kier molecular flexibility index (Phi) is 2.42. The van der Waals surface area contributed by atoms with E-state index in [9.17, 15) is 17.6 Å². The van der Waals surface area contributed by atoms with Crippen LogP contribution in [0.15, 0.2) is 18.2 Å². The van der Waals surface area contributed by atoms with Crippen molar-refractivity contribution in [3.63, 3.8) is 0 Å². The van der Waals surface area contributed by atoms with Crippen molar-refractivity contribution in [1.29, 1.82) is 0 Å². The van der Waals surface area contributed by atoms with E-state index in [2.05, 4.69) is 5.32 Å². The SMILES string of the molecule is Fc1ccc([C@@H]2CCN2)cc1C(F)(F)F. The molecule has 5 heteroatoms. The van der Waals surface area contributed by atoms with Crippen molar-refractivity contribution in [2.24, 2.45) is 0 Å². The molecule has 15 heavy (non-hydrogen) atoms. The van der Waals surface area contributed by atoms with Crippen molar-refractivity contribution in [3.05, 3.63) is 35.1 Å². The third kappa shape index (κ3) is 1.97. The molecule has 1 atom stereocenters. The highest BCUT2D eigenvalue weighted by Crippen LogP contribution is 2.34. The molecule has 1 fully saturated rings. The molecule has 1 heterocycles. The molecule has 1 aliphatic rings. The van der Waals surface area contributed by atoms with Gasteiger partial charge in [-0.1, -0.05) is 6.07 Å². The van der Waals surface area contributed by atoms with Crippen LogP contribution in [0.1, 0.15) is 23.6 Å². The number of halogens is 4. The number of rotatable bonds is 1. The van der Waals surface area contributed by atoms with Crippen molar-refractivity contribution in [1.82, 2.24) is 5.32 Å². The van der Waals surface area contributed by atoms with Crippen molar-refractivity contribution >= 4 is 0 Å². The Hall–Kier alpha value is -1.10. The highest BCUT2D eigenvalue weighted by molar-refractivity contribution is 5.30. The van der Waals surface area contributed by atoms with E-state index in [0.29, 0.717) is 5.56 Å². The minimum atomic E-state index is -4.62. The predicted octanol–water partition coefficient (Wildman–Crippen LogP) is 2.88. The average Bonchev–Trinajstić information content (AvgIpc) is 2.03. The van der Waals surface area contributed by atoms with Crippen molar-refractivity contribution in [2.45, 2.75) is 18.6 Å². The van der Waals surface area contributed by atoms with Crippen LogP contribution in [0, 0.1) is 5.82 Å². The van der Waals surface area contributed by atoms with E-state index in [1.54, 1.807) is 0 Å². The second-order valence-corrected chi connectivity index (χ2v) is 3.53. The zero-order chi connectivity index (χ0) is 11.1. The Labute approximate surface area is 84.1 Å². The molecule has 1 aromatic carbocycles. The largest absolute Gasteiger partial charge is 0.419 e. The van der Waals surface area contributed by atoms with Gasteiger partial charge in [0.05, 0.1) is 5.56 Å². The molecule has 2 rings (SSSR count). The summed E-state index contributed by atoms with van der Waals surface area (Å²) in [4.78, 5) is 0. The summed E-state index contributed by atoms with van der Waals surface area (Å²) in [6.07, 6.45) is -3.83. The highest BCUT2D eigenvalue weighted by atomic mass is 19.4. The fourth-order valence-electron chi connectivity index (χ4n) is 1.55. The van der Waals surface area contributed by atoms with Crippen LogP contribution >= 0.6 is 0 Å². The molecule has 1 aromatic rings. The topological polar surface area (TPSA) is 12.0 Å². The van der Waals surface area contributed by atoms with Gasteiger partial charge in [-0.3, -0.25) is 0 Å². The van der Waals surface area contributed by atoms with Gasteiger partial charge in [0, 0.05) is 6.04 Å². The zero-order valence-electron chi connectivity index (χ0n) is 7.74. The Morgan fingerprint density at radius 2 is 1.93 bits per heavy atom. The molecule has 0 unspecified atom stereocenters. The van der Waals surface area contributed by atoms with Crippen molar-refractivity contribution in [3.8, 4) is 0 Å². The summed E-state index contributed by atoms with van der Waals surface area (Å²) < 4.78 is 50.0. The first-order valence-corrected chi connectivity index (χ1v) is 4.58. The summed E-state index contributed by atoms with van der Waals surface area (Å²) in [6, 6.07) is 3.08. The van der Waals surface area contributed by atoms with Crippen LogP contribution in [-0.4, -0.2) is 6.54 Å². The van der Waals surface area contributed by atoms with Gasteiger partial charge in [-0.05, 0) is 30.7 Å². The second kappa shape index (κ2) is 3.48. The second-order valence-electron chi connectivity index (χ2n) is 3.53. The van der Waals surface area contributed by atoms with Crippen LogP contribution in [0.4, 0.5) is 17.6 Å². The van der Waals surface area contributed by atoms with Crippen molar-refractivity contribution in [2.75, 3.05) is 6.54 Å². The van der Waals surface area contributed by atoms with Crippen LogP contribution in [0.2, 0.25) is 0 Å². The van der Waals surface area contributed by atoms with Crippen molar-refractivity contribution < 1.29 is 17.6 Å². The number of alkyl halides is 3. The molecule has 0 radical (unpaired) electrons. The van der Waals surface area contributed by atoms with E-state index in [-0.39, 0.29) is 6.04 Å². The molecule has 0 aromatic heterocycles. The summed E-state index contributed by atoms with van der Waals surface area (Å²) in [5, 5.41) is 2.97. The van der Waals surface area contributed by atoms with Gasteiger partial charge in [0.1, 0.15) is 5.82 Å². The summed E-state index contributed by atoms with van der Waals surface area (Å²) in [7, 11) is 0. The molecule has 0 amide bonds. The lowest BCUT2D eigenvalue weighted by molar-refractivity contribution is -0.140. The predicted molar refractivity (Wildman–Crippen MR) is 46.8 cm³/mol. The van der Waals surface area contributed by atoms with Crippen LogP contribution in [0.5, 0.6) is 0 Å². The first-order valence-electron chi connectivity index (χ1n) is 4.58. The standard InChI is InChI=1S/C10H9F4N/c11-8-2-1-6(9-3-4-15-9)5-7(8)10(12,13)14/h1-2,5,9,15H,3-4H2/t9-/m0/s1. The molecule has 1 nitrogen and oxygen atoms in total. The first-order chi connectivity index (χ1) is 6.98. The Morgan fingerprint density at radius 3 is 2.40 bits per heavy atom. The van der Waals surface area contributed by atoms with Gasteiger partial charge in [-0.25, -0.2) is 4.39 Å². The van der Waals surface area contributed by atoms with Crippen LogP contribution in [-0.2, 0) is 6.18 Å². The number of nitrogens with one attached hydrogen (secondary N) is 1. The van der Waals surface area contributed by atoms with E-state index in [1.807, 2.05) is 0 Å². The lowest BCUT2D eigenvalue weighted by atomic mass is 9.96. The van der Waals surface area contributed by atoms with E-state index >= 15 is 0 Å². The molecular weight excluding hydrogens is 210 g/mol. The molecular formula is C10H9F4N. The molecule has 0 bridgehead atoms. The van der Waals surface area contributed by atoms with Crippen LogP contribution in [0.25, 0.3) is 0 Å². The maximum atomic E-state index is 12.9. The number of hydrogen-bond acceptors (Lipinski definition) is 1. The third-order valence-corrected chi connectivity index (χ3v) is 2.52. The zero-order valence-corrected chi connectivity index (χ0v) is 7.74. The van der Waals surface area contributed by atoms with Gasteiger partial charge >= 0.3 is 6.18 Å². The summed E-state index contributed by atoms with van der Waals surface area (Å²) >= 11 is 0. The molecule has 0 spiro atoms. The molecule has 0 aliphatic carbocycles. The van der Waals surface area contributed by atoms with E-state index < -0.39 is 17.6 Å². The van der Waals surface area contributed by atoms with E-state index in [1.165, 1.54) is 6.07 Å². The monoisotopic (exact) mass is 219 g/mol. The molecule has 0 saturated carbocycles. The van der Waals surface area contributed by atoms with Crippen LogP contribution < -0.4 is 5.32 Å². The molecule has 82 valence electrons. The van der Waals surface area contributed by atoms with E-state index in [4.69, 9.17) is 0 Å². The quantitative estimate of drug-likeness (QED) is 0.716. The summed E-state index contributed by atoms with van der Waals surface area (Å²) in [5.41, 5.74) is -0.691. The third-order valence-electron chi connectivity index (χ3n) is 2.52. The highest BCUT2D eigenvalue weighted by Gasteiger charge is 2.35. The average molecular weight is 219 g/mol. The smallest absolute Gasteiger partial charge is 0.310 e. The number of hydrogen-bond donors (Lipinski definition) is 1. The molecule has 1 saturated heterocycles. The van der Waals surface area contributed by atoms with Gasteiger partial charge < -0.3 is 5.32 Å². The fraction of sp³-hybridized carbons (Fsp3) is 0.400. The van der Waals surface area contributed by atoms with Gasteiger partial charge in [0.25, 0.3) is 0 Å². The number of benzene rings is 1. The van der Waals surface area contributed by atoms with Gasteiger partial charge in [0.2, 0.25) is 0 Å². The summed E-state index contributed by atoms with van der Waals surface area (Å²) in [5.74, 6) is -1.22. The maximum Gasteiger partial charge on any atom is 0.419 e. The Morgan fingerprint density at radius 1 is 1.27 bits per heavy atom. The van der Waals surface area contributed by atoms with Crippen LogP contribution in [0.3, 0.4) is 0 Å². The lowest BCUT2D eigenvalue weighted by Gasteiger charge is -2.28. The fourth-order valence-corrected chi connectivity index (χ4v) is 1.55. The maximum absolute atomic E-state index is 12.9. The minimum absolute atomic E-state index is 0.0632. The van der Waals surface area contributed by atoms with Gasteiger partial charge in [-0.15, -0.1) is 0 Å². The minimum Gasteiger partial charge on any atom is -0.310 e. The first kappa shape index (κ1) is 10.4. The summed E-state index contributed by atoms with van der Waals surface area (Å²) in [6.45, 7) is 0.795. The Bertz CT molecular complexity index is 368. The molecule has 1 N–H and O–H groups in total. The van der Waals surface area contributed by atoms with E-state index in [0.717, 1.165) is 25.1 Å². The Balaban J connectivity index is 2.36. The molecule has 1 aliphatic heterocycles. The lowest BCUT2D eigenvalue weighted by Crippen LogP contribution is -2.35. The normalized spacial score (nSPS) is 21.2.